The van der Waals surface area contributed by atoms with E-state index in [-0.39, 0.29) is 0 Å². The van der Waals surface area contributed by atoms with Crippen molar-refractivity contribution in [1.29, 1.82) is 0 Å². The normalized spacial score (nSPS) is 37.9. The minimum atomic E-state index is 0.344. The SMILES string of the molecule is CCC1CCC(C2CNCCC2=O)CC1. The van der Waals surface area contributed by atoms with Gasteiger partial charge >= 0.3 is 0 Å². The number of ketones is 1. The largest absolute Gasteiger partial charge is 0.316 e. The zero-order chi connectivity index (χ0) is 10.7. The van der Waals surface area contributed by atoms with E-state index in [2.05, 4.69) is 12.2 Å². The molecule has 0 radical (unpaired) electrons. The molecule has 2 fully saturated rings. The predicted molar refractivity (Wildman–Crippen MR) is 61.7 cm³/mol. The number of carbonyl (C=O) groups excluding carboxylic acids is 1. The highest BCUT2D eigenvalue weighted by molar-refractivity contribution is 5.82. The van der Waals surface area contributed by atoms with Crippen LogP contribution in [0.2, 0.25) is 0 Å². The fourth-order valence-electron chi connectivity index (χ4n) is 3.20. The highest BCUT2D eigenvalue weighted by atomic mass is 16.1. The van der Waals surface area contributed by atoms with Crippen molar-refractivity contribution in [2.75, 3.05) is 13.1 Å². The zero-order valence-electron chi connectivity index (χ0n) is 9.80. The minimum Gasteiger partial charge on any atom is -0.316 e. The van der Waals surface area contributed by atoms with Gasteiger partial charge in [-0.2, -0.15) is 0 Å². The summed E-state index contributed by atoms with van der Waals surface area (Å²) in [6.45, 7) is 4.14. The maximum absolute atomic E-state index is 11.8. The molecule has 1 atom stereocenters. The summed E-state index contributed by atoms with van der Waals surface area (Å²) in [4.78, 5) is 11.8. The summed E-state index contributed by atoms with van der Waals surface area (Å²) in [6, 6.07) is 0. The molecule has 1 N–H and O–H groups in total. The maximum atomic E-state index is 11.8. The van der Waals surface area contributed by atoms with Crippen molar-refractivity contribution in [3.63, 3.8) is 0 Å². The summed E-state index contributed by atoms with van der Waals surface area (Å²) >= 11 is 0. The van der Waals surface area contributed by atoms with Crippen LogP contribution in [0, 0.1) is 17.8 Å². The number of nitrogens with one attached hydrogen (secondary N) is 1. The van der Waals surface area contributed by atoms with E-state index < -0.39 is 0 Å². The van der Waals surface area contributed by atoms with Crippen molar-refractivity contribution >= 4 is 5.78 Å². The van der Waals surface area contributed by atoms with Crippen LogP contribution in [0.25, 0.3) is 0 Å². The second-order valence-electron chi connectivity index (χ2n) is 5.22. The summed E-state index contributed by atoms with van der Waals surface area (Å²) in [7, 11) is 0. The molecule has 2 aliphatic rings. The fraction of sp³-hybridized carbons (Fsp3) is 0.923. The Labute approximate surface area is 92.8 Å². The first-order chi connectivity index (χ1) is 7.31. The average Bonchev–Trinajstić information content (AvgIpc) is 2.30. The van der Waals surface area contributed by atoms with Gasteiger partial charge in [-0.1, -0.05) is 26.2 Å². The van der Waals surface area contributed by atoms with Crippen LogP contribution < -0.4 is 5.32 Å². The standard InChI is InChI=1S/C13H23NO/c1-2-10-3-5-11(6-4-10)12-9-14-8-7-13(12)15/h10-12,14H,2-9H2,1H3. The molecule has 86 valence electrons. The Morgan fingerprint density at radius 2 is 2.00 bits per heavy atom. The molecule has 1 aliphatic carbocycles. The molecule has 1 saturated carbocycles. The van der Waals surface area contributed by atoms with Crippen LogP contribution in [-0.4, -0.2) is 18.9 Å². The lowest BCUT2D eigenvalue weighted by Gasteiger charge is -2.34. The van der Waals surface area contributed by atoms with E-state index in [9.17, 15) is 4.79 Å². The Kier molecular flexibility index (Phi) is 3.79. The summed E-state index contributed by atoms with van der Waals surface area (Å²) < 4.78 is 0. The molecule has 0 aromatic heterocycles. The summed E-state index contributed by atoms with van der Waals surface area (Å²) in [6.07, 6.45) is 7.37. The zero-order valence-corrected chi connectivity index (χ0v) is 9.80. The van der Waals surface area contributed by atoms with Gasteiger partial charge in [-0.05, 0) is 24.7 Å². The molecule has 15 heavy (non-hydrogen) atoms. The van der Waals surface area contributed by atoms with E-state index in [1.807, 2.05) is 0 Å². The summed E-state index contributed by atoms with van der Waals surface area (Å²) in [5.41, 5.74) is 0. The number of hydrogen-bond donors (Lipinski definition) is 1. The van der Waals surface area contributed by atoms with Gasteiger partial charge in [0.25, 0.3) is 0 Å². The molecule has 0 aromatic rings. The third kappa shape index (κ3) is 2.60. The van der Waals surface area contributed by atoms with Crippen molar-refractivity contribution in [3.8, 4) is 0 Å². The van der Waals surface area contributed by atoms with Crippen LogP contribution in [0.15, 0.2) is 0 Å². The molecule has 0 amide bonds. The number of hydrogen-bond acceptors (Lipinski definition) is 2. The van der Waals surface area contributed by atoms with Crippen LogP contribution in [0.4, 0.5) is 0 Å². The Balaban J connectivity index is 1.86. The monoisotopic (exact) mass is 209 g/mol. The topological polar surface area (TPSA) is 29.1 Å². The van der Waals surface area contributed by atoms with E-state index in [4.69, 9.17) is 0 Å². The molecule has 1 unspecified atom stereocenters. The van der Waals surface area contributed by atoms with Gasteiger partial charge in [-0.15, -0.1) is 0 Å². The van der Waals surface area contributed by atoms with Crippen molar-refractivity contribution < 1.29 is 4.79 Å². The van der Waals surface area contributed by atoms with Gasteiger partial charge in [-0.3, -0.25) is 4.79 Å². The van der Waals surface area contributed by atoms with Gasteiger partial charge < -0.3 is 5.32 Å². The highest BCUT2D eigenvalue weighted by Gasteiger charge is 2.32. The van der Waals surface area contributed by atoms with Crippen LogP contribution in [0.3, 0.4) is 0 Å². The number of piperidine rings is 1. The van der Waals surface area contributed by atoms with Gasteiger partial charge in [0.2, 0.25) is 0 Å². The maximum Gasteiger partial charge on any atom is 0.138 e. The molecule has 1 aliphatic heterocycles. The molecule has 1 saturated heterocycles. The summed E-state index contributed by atoms with van der Waals surface area (Å²) in [5.74, 6) is 2.49. The van der Waals surface area contributed by atoms with Gasteiger partial charge in [0.1, 0.15) is 5.78 Å². The van der Waals surface area contributed by atoms with Crippen molar-refractivity contribution in [3.05, 3.63) is 0 Å². The molecule has 0 aromatic carbocycles. The van der Waals surface area contributed by atoms with Crippen molar-refractivity contribution in [2.24, 2.45) is 17.8 Å². The fourth-order valence-corrected chi connectivity index (χ4v) is 3.20. The van der Waals surface area contributed by atoms with E-state index >= 15 is 0 Å². The molecule has 0 spiro atoms. The first-order valence-corrected chi connectivity index (χ1v) is 6.54. The molecule has 0 bridgehead atoms. The highest BCUT2D eigenvalue weighted by Crippen LogP contribution is 2.35. The van der Waals surface area contributed by atoms with Crippen LogP contribution in [-0.2, 0) is 4.79 Å². The minimum absolute atomic E-state index is 0.344. The Morgan fingerprint density at radius 3 is 2.60 bits per heavy atom. The molecule has 1 heterocycles. The number of rotatable bonds is 2. The van der Waals surface area contributed by atoms with Crippen LogP contribution in [0.1, 0.15) is 45.4 Å². The summed E-state index contributed by atoms with van der Waals surface area (Å²) in [5, 5.41) is 3.37. The lowest BCUT2D eigenvalue weighted by Crippen LogP contribution is -2.41. The van der Waals surface area contributed by atoms with E-state index in [1.165, 1.54) is 32.1 Å². The molecule has 2 nitrogen and oxygen atoms in total. The first-order valence-electron chi connectivity index (χ1n) is 6.54. The molecular weight excluding hydrogens is 186 g/mol. The lowest BCUT2D eigenvalue weighted by atomic mass is 9.72. The van der Waals surface area contributed by atoms with Crippen molar-refractivity contribution in [1.82, 2.24) is 5.32 Å². The molecule has 2 rings (SSSR count). The van der Waals surface area contributed by atoms with Crippen LogP contribution >= 0.6 is 0 Å². The third-order valence-electron chi connectivity index (χ3n) is 4.36. The van der Waals surface area contributed by atoms with E-state index in [0.717, 1.165) is 25.4 Å². The second-order valence-corrected chi connectivity index (χ2v) is 5.22. The van der Waals surface area contributed by atoms with Gasteiger partial charge in [0.05, 0.1) is 0 Å². The molecular formula is C13H23NO. The predicted octanol–water partition coefficient (Wildman–Crippen LogP) is 2.38. The number of Topliss-reactive ketones (excluding diaryl/α,β-unsaturated/α-hetero) is 1. The van der Waals surface area contributed by atoms with Crippen molar-refractivity contribution in [2.45, 2.75) is 45.4 Å². The van der Waals surface area contributed by atoms with Gasteiger partial charge in [-0.25, -0.2) is 0 Å². The third-order valence-corrected chi connectivity index (χ3v) is 4.36. The Morgan fingerprint density at radius 1 is 1.27 bits per heavy atom. The van der Waals surface area contributed by atoms with Gasteiger partial charge in [0.15, 0.2) is 0 Å². The van der Waals surface area contributed by atoms with Crippen LogP contribution in [0.5, 0.6) is 0 Å². The molecule has 2 heteroatoms. The smallest absolute Gasteiger partial charge is 0.138 e. The second kappa shape index (κ2) is 5.11. The average molecular weight is 209 g/mol. The lowest BCUT2D eigenvalue weighted by molar-refractivity contribution is -0.126. The first kappa shape index (κ1) is 11.1. The van der Waals surface area contributed by atoms with E-state index in [0.29, 0.717) is 17.6 Å². The quantitative estimate of drug-likeness (QED) is 0.756. The van der Waals surface area contributed by atoms with E-state index in [1.54, 1.807) is 0 Å². The Bertz CT molecular complexity index is 219. The van der Waals surface area contributed by atoms with Gasteiger partial charge in [0, 0.05) is 25.4 Å². The Hall–Kier alpha value is -0.370. The number of carbonyl (C=O) groups is 1.